The summed E-state index contributed by atoms with van der Waals surface area (Å²) in [5.41, 5.74) is 7.56. The molecule has 2 rings (SSSR count). The summed E-state index contributed by atoms with van der Waals surface area (Å²) in [6.07, 6.45) is 0.0806. The molecule has 1 aliphatic heterocycles. The number of rotatable bonds is 4. The lowest BCUT2D eigenvalue weighted by Gasteiger charge is -2.24. The fourth-order valence-corrected chi connectivity index (χ4v) is 2.24. The van der Waals surface area contributed by atoms with Crippen molar-refractivity contribution in [1.29, 1.82) is 0 Å². The summed E-state index contributed by atoms with van der Waals surface area (Å²) >= 11 is 0. The number of carbonyl (C=O) groups is 1. The molecule has 0 spiro atoms. The summed E-state index contributed by atoms with van der Waals surface area (Å²) in [5, 5.41) is 6.42. The van der Waals surface area contributed by atoms with Crippen molar-refractivity contribution in [2.24, 2.45) is 5.73 Å². The maximum absolute atomic E-state index is 11.5. The first-order valence-corrected chi connectivity index (χ1v) is 6.42. The van der Waals surface area contributed by atoms with Gasteiger partial charge in [-0.25, -0.2) is 4.98 Å². The molecule has 19 heavy (non-hydrogen) atoms. The zero-order valence-electron chi connectivity index (χ0n) is 11.3. The van der Waals surface area contributed by atoms with Gasteiger partial charge >= 0.3 is 0 Å². The van der Waals surface area contributed by atoms with E-state index in [1.54, 1.807) is 0 Å². The molecule has 4 N–H and O–H groups in total. The number of hydrogen-bond donors (Lipinski definition) is 3. The van der Waals surface area contributed by atoms with E-state index in [0.29, 0.717) is 24.5 Å². The second-order valence-electron chi connectivity index (χ2n) is 4.75. The van der Waals surface area contributed by atoms with Crippen LogP contribution in [0, 0.1) is 13.8 Å². The number of nitrogens with one attached hydrogen (secondary N) is 2. The summed E-state index contributed by atoms with van der Waals surface area (Å²) in [7, 11) is 0. The maximum atomic E-state index is 11.5. The van der Waals surface area contributed by atoms with Gasteiger partial charge in [0, 0.05) is 25.3 Å². The van der Waals surface area contributed by atoms with Gasteiger partial charge < -0.3 is 21.1 Å². The van der Waals surface area contributed by atoms with E-state index in [1.807, 2.05) is 19.9 Å². The van der Waals surface area contributed by atoms with Crippen LogP contribution in [0.5, 0.6) is 0 Å². The van der Waals surface area contributed by atoms with Crippen molar-refractivity contribution in [2.45, 2.75) is 20.0 Å². The van der Waals surface area contributed by atoms with E-state index in [0.717, 1.165) is 24.3 Å². The molecular formula is C13H20N4O2. The van der Waals surface area contributed by atoms with E-state index in [1.165, 1.54) is 0 Å². The van der Waals surface area contributed by atoms with Crippen molar-refractivity contribution in [3.05, 3.63) is 22.9 Å². The van der Waals surface area contributed by atoms with E-state index in [-0.39, 0.29) is 6.10 Å². The number of ether oxygens (including phenoxy) is 1. The van der Waals surface area contributed by atoms with Gasteiger partial charge in [-0.1, -0.05) is 0 Å². The molecule has 0 radical (unpaired) electrons. The number of nitrogens with two attached hydrogens (primary N) is 1. The van der Waals surface area contributed by atoms with Crippen LogP contribution in [0.25, 0.3) is 0 Å². The average molecular weight is 264 g/mol. The van der Waals surface area contributed by atoms with Crippen LogP contribution in [0.15, 0.2) is 6.07 Å². The zero-order chi connectivity index (χ0) is 13.8. The summed E-state index contributed by atoms with van der Waals surface area (Å²) in [6.45, 7) is 6.73. The van der Waals surface area contributed by atoms with Crippen LogP contribution < -0.4 is 16.4 Å². The van der Waals surface area contributed by atoms with Crippen LogP contribution in [0.2, 0.25) is 0 Å². The average Bonchev–Trinajstić information content (AvgIpc) is 2.36. The maximum Gasteiger partial charge on any atom is 0.252 e. The molecule has 1 unspecified atom stereocenters. The molecular weight excluding hydrogens is 244 g/mol. The van der Waals surface area contributed by atoms with Gasteiger partial charge in [0.1, 0.15) is 5.82 Å². The Kier molecular flexibility index (Phi) is 4.34. The third-order valence-corrected chi connectivity index (χ3v) is 3.09. The van der Waals surface area contributed by atoms with Gasteiger partial charge in [0.05, 0.1) is 18.3 Å². The van der Waals surface area contributed by atoms with Gasteiger partial charge in [0.25, 0.3) is 5.91 Å². The third kappa shape index (κ3) is 3.42. The molecule has 1 aliphatic rings. The first kappa shape index (κ1) is 13.8. The summed E-state index contributed by atoms with van der Waals surface area (Å²) in [4.78, 5) is 15.9. The second-order valence-corrected chi connectivity index (χ2v) is 4.75. The third-order valence-electron chi connectivity index (χ3n) is 3.09. The zero-order valence-corrected chi connectivity index (χ0v) is 11.3. The number of primary amides is 1. The fourth-order valence-electron chi connectivity index (χ4n) is 2.24. The quantitative estimate of drug-likeness (QED) is 0.723. The molecule has 0 aromatic carbocycles. The van der Waals surface area contributed by atoms with Crippen molar-refractivity contribution >= 4 is 11.7 Å². The number of anilines is 1. The number of amides is 1. The molecule has 104 valence electrons. The minimum absolute atomic E-state index is 0.0806. The largest absolute Gasteiger partial charge is 0.374 e. The predicted molar refractivity (Wildman–Crippen MR) is 73.3 cm³/mol. The van der Waals surface area contributed by atoms with Crippen molar-refractivity contribution in [1.82, 2.24) is 10.3 Å². The van der Waals surface area contributed by atoms with Crippen LogP contribution in [-0.2, 0) is 4.74 Å². The van der Waals surface area contributed by atoms with Crippen molar-refractivity contribution in [3.63, 3.8) is 0 Å². The van der Waals surface area contributed by atoms with Gasteiger partial charge in [-0.3, -0.25) is 4.79 Å². The summed E-state index contributed by atoms with van der Waals surface area (Å²) in [6, 6.07) is 1.85. The van der Waals surface area contributed by atoms with Crippen molar-refractivity contribution in [2.75, 3.05) is 31.6 Å². The lowest BCUT2D eigenvalue weighted by atomic mass is 10.1. The van der Waals surface area contributed by atoms with Crippen molar-refractivity contribution in [3.8, 4) is 0 Å². The minimum atomic E-state index is -0.463. The molecule has 1 aromatic rings. The lowest BCUT2D eigenvalue weighted by Crippen LogP contribution is -2.42. The Morgan fingerprint density at radius 2 is 2.42 bits per heavy atom. The van der Waals surface area contributed by atoms with Gasteiger partial charge in [0.15, 0.2) is 0 Å². The molecule has 0 aliphatic carbocycles. The minimum Gasteiger partial charge on any atom is -0.374 e. The van der Waals surface area contributed by atoms with Crippen LogP contribution in [0.4, 0.5) is 5.82 Å². The van der Waals surface area contributed by atoms with Crippen LogP contribution in [0.1, 0.15) is 21.6 Å². The van der Waals surface area contributed by atoms with Crippen LogP contribution in [0.3, 0.4) is 0 Å². The molecule has 1 saturated heterocycles. The standard InChI is InChI=1S/C13H20N4O2/c1-8-5-9(2)17-13(11(8)12(14)18)16-7-10-6-15-3-4-19-10/h5,10,15H,3-4,6-7H2,1-2H3,(H2,14,18)(H,16,17). The Bertz CT molecular complexity index is 470. The Morgan fingerprint density at radius 3 is 3.05 bits per heavy atom. The van der Waals surface area contributed by atoms with Gasteiger partial charge in [0.2, 0.25) is 0 Å². The smallest absolute Gasteiger partial charge is 0.252 e. The molecule has 0 saturated carbocycles. The first-order valence-electron chi connectivity index (χ1n) is 6.42. The summed E-state index contributed by atoms with van der Waals surface area (Å²) in [5.74, 6) is 0.0781. The molecule has 1 atom stereocenters. The Balaban J connectivity index is 2.12. The van der Waals surface area contributed by atoms with E-state index in [9.17, 15) is 4.79 Å². The number of morpholine rings is 1. The van der Waals surface area contributed by atoms with Gasteiger partial charge in [-0.15, -0.1) is 0 Å². The highest BCUT2D eigenvalue weighted by Gasteiger charge is 2.17. The molecule has 2 heterocycles. The topological polar surface area (TPSA) is 89.3 Å². The van der Waals surface area contributed by atoms with E-state index in [4.69, 9.17) is 10.5 Å². The van der Waals surface area contributed by atoms with E-state index in [2.05, 4.69) is 15.6 Å². The molecule has 1 fully saturated rings. The Labute approximate surface area is 112 Å². The Morgan fingerprint density at radius 1 is 1.63 bits per heavy atom. The number of aryl methyl sites for hydroxylation is 2. The monoisotopic (exact) mass is 264 g/mol. The van der Waals surface area contributed by atoms with Crippen LogP contribution in [-0.4, -0.2) is 43.2 Å². The number of nitrogens with zero attached hydrogens (tertiary/aromatic N) is 1. The Hall–Kier alpha value is -1.66. The van der Waals surface area contributed by atoms with E-state index >= 15 is 0 Å². The molecule has 6 heteroatoms. The van der Waals surface area contributed by atoms with E-state index < -0.39 is 5.91 Å². The molecule has 6 nitrogen and oxygen atoms in total. The number of carbonyl (C=O) groups excluding carboxylic acids is 1. The highest BCUT2D eigenvalue weighted by Crippen LogP contribution is 2.18. The fraction of sp³-hybridized carbons (Fsp3) is 0.538. The molecule has 1 aromatic heterocycles. The molecule has 0 bridgehead atoms. The highest BCUT2D eigenvalue weighted by atomic mass is 16.5. The number of hydrogen-bond acceptors (Lipinski definition) is 5. The molecule has 1 amide bonds. The number of pyridine rings is 1. The lowest BCUT2D eigenvalue weighted by molar-refractivity contribution is 0.0371. The second kappa shape index (κ2) is 5.99. The van der Waals surface area contributed by atoms with Crippen molar-refractivity contribution < 1.29 is 9.53 Å². The highest BCUT2D eigenvalue weighted by molar-refractivity contribution is 5.99. The number of aromatic nitrogens is 1. The summed E-state index contributed by atoms with van der Waals surface area (Å²) < 4.78 is 5.59. The van der Waals surface area contributed by atoms with Gasteiger partial charge in [-0.2, -0.15) is 0 Å². The normalized spacial score (nSPS) is 19.2. The van der Waals surface area contributed by atoms with Gasteiger partial charge in [-0.05, 0) is 25.5 Å². The SMILES string of the molecule is Cc1cc(C)c(C(N)=O)c(NCC2CNCCO2)n1. The first-order chi connectivity index (χ1) is 9.08. The van der Waals surface area contributed by atoms with Crippen LogP contribution >= 0.6 is 0 Å². The predicted octanol–water partition coefficient (Wildman–Crippen LogP) is 0.198.